The van der Waals surface area contributed by atoms with Crippen molar-refractivity contribution in [2.45, 2.75) is 6.54 Å². The van der Waals surface area contributed by atoms with Gasteiger partial charge in [-0.1, -0.05) is 0 Å². The highest BCUT2D eigenvalue weighted by Crippen LogP contribution is 1.97. The Hall–Kier alpha value is -1.82. The van der Waals surface area contributed by atoms with Crippen LogP contribution in [-0.2, 0) is 23.2 Å². The Labute approximate surface area is 93.8 Å². The maximum atomic E-state index is 11.3. The van der Waals surface area contributed by atoms with Gasteiger partial charge in [0, 0.05) is 26.0 Å². The van der Waals surface area contributed by atoms with E-state index in [0.29, 0.717) is 6.54 Å². The van der Waals surface area contributed by atoms with Crippen molar-refractivity contribution in [1.82, 2.24) is 15.2 Å². The predicted molar refractivity (Wildman–Crippen MR) is 59.3 cm³/mol. The second-order valence-corrected chi connectivity index (χ2v) is 3.44. The lowest BCUT2D eigenvalue weighted by atomic mass is 10.3. The monoisotopic (exact) mass is 224 g/mol. The molecule has 0 fully saturated rings. The summed E-state index contributed by atoms with van der Waals surface area (Å²) in [6.45, 7) is 0.313. The third-order valence-electron chi connectivity index (χ3n) is 2.01. The molecule has 0 aliphatic carbocycles. The zero-order valence-corrected chi connectivity index (χ0v) is 9.19. The maximum Gasteiger partial charge on any atom is 0.239 e. The normalized spacial score (nSPS) is 9.88. The van der Waals surface area contributed by atoms with Crippen LogP contribution in [0.2, 0.25) is 0 Å². The predicted octanol–water partition coefficient (Wildman–Crippen LogP) is -1.28. The fraction of sp³-hybridized carbons (Fsp3) is 0.400. The molecule has 0 aromatic carbocycles. The summed E-state index contributed by atoms with van der Waals surface area (Å²) >= 11 is 0. The molecule has 1 aromatic heterocycles. The number of rotatable bonds is 5. The van der Waals surface area contributed by atoms with Crippen molar-refractivity contribution in [3.05, 3.63) is 24.0 Å². The minimum atomic E-state index is -0.338. The van der Waals surface area contributed by atoms with Gasteiger partial charge in [0.15, 0.2) is 0 Å². The van der Waals surface area contributed by atoms with Crippen molar-refractivity contribution in [2.75, 3.05) is 13.1 Å². The summed E-state index contributed by atoms with van der Waals surface area (Å²) in [4.78, 5) is 22.0. The number of nitrogens with two attached hydrogens (primary N) is 1. The summed E-state index contributed by atoms with van der Waals surface area (Å²) in [6, 6.07) is 1.92. The van der Waals surface area contributed by atoms with E-state index in [1.54, 1.807) is 0 Å². The number of hydrogen-bond donors (Lipinski definition) is 3. The fourth-order valence-corrected chi connectivity index (χ4v) is 1.18. The van der Waals surface area contributed by atoms with E-state index in [9.17, 15) is 9.59 Å². The Morgan fingerprint density at radius 2 is 2.12 bits per heavy atom. The van der Waals surface area contributed by atoms with Crippen molar-refractivity contribution in [2.24, 2.45) is 12.8 Å². The second kappa shape index (κ2) is 5.92. The average molecular weight is 224 g/mol. The zero-order chi connectivity index (χ0) is 12.0. The third kappa shape index (κ3) is 4.14. The van der Waals surface area contributed by atoms with E-state index in [1.807, 2.05) is 30.1 Å². The molecule has 1 heterocycles. The smallest absolute Gasteiger partial charge is 0.239 e. The van der Waals surface area contributed by atoms with E-state index < -0.39 is 0 Å². The summed E-state index contributed by atoms with van der Waals surface area (Å²) in [5, 5.41) is 5.08. The Morgan fingerprint density at radius 3 is 2.69 bits per heavy atom. The first-order valence-corrected chi connectivity index (χ1v) is 4.96. The van der Waals surface area contributed by atoms with Crippen molar-refractivity contribution in [1.29, 1.82) is 0 Å². The molecule has 0 aliphatic heterocycles. The van der Waals surface area contributed by atoms with Gasteiger partial charge in [-0.05, 0) is 11.6 Å². The van der Waals surface area contributed by atoms with Gasteiger partial charge in [0.1, 0.15) is 0 Å². The molecule has 0 atom stereocenters. The number of nitrogens with zero attached hydrogens (tertiary/aromatic N) is 1. The minimum absolute atomic E-state index is 0.0388. The standard InChI is InChI=1S/C10H16N4O2/c1-14-3-2-8(7-14)5-12-10(16)6-13-9(15)4-11/h2-3,7H,4-6,11H2,1H3,(H,12,16)(H,13,15). The molecule has 0 radical (unpaired) electrons. The van der Waals surface area contributed by atoms with Crippen LogP contribution in [0.5, 0.6) is 0 Å². The Balaban J connectivity index is 2.22. The van der Waals surface area contributed by atoms with Crippen LogP contribution in [0.25, 0.3) is 0 Å². The number of nitrogens with one attached hydrogen (secondary N) is 2. The Kier molecular flexibility index (Phi) is 4.53. The third-order valence-corrected chi connectivity index (χ3v) is 2.01. The van der Waals surface area contributed by atoms with Crippen LogP contribution < -0.4 is 16.4 Å². The lowest BCUT2D eigenvalue weighted by molar-refractivity contribution is -0.125. The van der Waals surface area contributed by atoms with Crippen LogP contribution in [0.3, 0.4) is 0 Å². The molecule has 0 saturated heterocycles. The fourth-order valence-electron chi connectivity index (χ4n) is 1.18. The van der Waals surface area contributed by atoms with Crippen LogP contribution in [0.15, 0.2) is 18.5 Å². The highest BCUT2D eigenvalue weighted by molar-refractivity contribution is 5.85. The van der Waals surface area contributed by atoms with Gasteiger partial charge in [0.2, 0.25) is 11.8 Å². The van der Waals surface area contributed by atoms with E-state index in [4.69, 9.17) is 5.73 Å². The largest absolute Gasteiger partial charge is 0.357 e. The van der Waals surface area contributed by atoms with E-state index in [1.165, 1.54) is 0 Å². The van der Waals surface area contributed by atoms with Gasteiger partial charge >= 0.3 is 0 Å². The number of carbonyl (C=O) groups is 2. The molecule has 16 heavy (non-hydrogen) atoms. The zero-order valence-electron chi connectivity index (χ0n) is 9.19. The quantitative estimate of drug-likeness (QED) is 0.581. The number of aryl methyl sites for hydroxylation is 1. The maximum absolute atomic E-state index is 11.3. The Bertz CT molecular complexity index is 373. The lowest BCUT2D eigenvalue weighted by Crippen LogP contribution is -2.39. The van der Waals surface area contributed by atoms with Crippen LogP contribution in [0.1, 0.15) is 5.56 Å². The van der Waals surface area contributed by atoms with Crippen molar-refractivity contribution in [3.8, 4) is 0 Å². The topological polar surface area (TPSA) is 89.2 Å². The average Bonchev–Trinajstić information content (AvgIpc) is 2.69. The van der Waals surface area contributed by atoms with Gasteiger partial charge < -0.3 is 20.9 Å². The molecule has 0 unspecified atom stereocenters. The van der Waals surface area contributed by atoms with E-state index in [-0.39, 0.29) is 24.9 Å². The van der Waals surface area contributed by atoms with Gasteiger partial charge in [-0.2, -0.15) is 0 Å². The van der Waals surface area contributed by atoms with E-state index in [0.717, 1.165) is 5.56 Å². The number of carbonyl (C=O) groups excluding carboxylic acids is 2. The molecule has 4 N–H and O–H groups in total. The van der Waals surface area contributed by atoms with Crippen molar-refractivity contribution < 1.29 is 9.59 Å². The van der Waals surface area contributed by atoms with Crippen LogP contribution in [0, 0.1) is 0 Å². The van der Waals surface area contributed by atoms with Gasteiger partial charge in [-0.3, -0.25) is 9.59 Å². The first kappa shape index (κ1) is 12.3. The molecule has 0 bridgehead atoms. The molecular formula is C10H16N4O2. The SMILES string of the molecule is Cn1ccc(CNC(=O)CNC(=O)CN)c1. The summed E-state index contributed by atoms with van der Waals surface area (Å²) < 4.78 is 1.90. The summed E-state index contributed by atoms with van der Waals surface area (Å²) in [6.07, 6.45) is 3.82. The lowest BCUT2D eigenvalue weighted by Gasteiger charge is -2.04. The van der Waals surface area contributed by atoms with E-state index in [2.05, 4.69) is 10.6 Å². The summed E-state index contributed by atoms with van der Waals surface area (Å²) in [5.41, 5.74) is 6.09. The number of hydrogen-bond acceptors (Lipinski definition) is 3. The highest BCUT2D eigenvalue weighted by atomic mass is 16.2. The van der Waals surface area contributed by atoms with Gasteiger partial charge in [0.05, 0.1) is 13.1 Å². The van der Waals surface area contributed by atoms with Gasteiger partial charge in [0.25, 0.3) is 0 Å². The molecule has 2 amide bonds. The van der Waals surface area contributed by atoms with Crippen LogP contribution in [0.4, 0.5) is 0 Å². The van der Waals surface area contributed by atoms with Crippen molar-refractivity contribution in [3.63, 3.8) is 0 Å². The molecule has 0 saturated carbocycles. The van der Waals surface area contributed by atoms with E-state index >= 15 is 0 Å². The molecule has 6 nitrogen and oxygen atoms in total. The summed E-state index contributed by atoms with van der Waals surface area (Å²) in [5.74, 6) is -0.569. The first-order valence-electron chi connectivity index (χ1n) is 4.96. The van der Waals surface area contributed by atoms with Crippen molar-refractivity contribution >= 4 is 11.8 Å². The molecule has 6 heteroatoms. The van der Waals surface area contributed by atoms with Crippen LogP contribution >= 0.6 is 0 Å². The molecule has 1 rings (SSSR count). The molecule has 1 aromatic rings. The molecule has 0 aliphatic rings. The number of aromatic nitrogens is 1. The van der Waals surface area contributed by atoms with Crippen LogP contribution in [-0.4, -0.2) is 29.5 Å². The summed E-state index contributed by atoms with van der Waals surface area (Å²) in [7, 11) is 1.91. The molecular weight excluding hydrogens is 208 g/mol. The second-order valence-electron chi connectivity index (χ2n) is 3.44. The first-order chi connectivity index (χ1) is 7.61. The highest BCUT2D eigenvalue weighted by Gasteiger charge is 2.03. The van der Waals surface area contributed by atoms with Gasteiger partial charge in [-0.15, -0.1) is 0 Å². The molecule has 0 spiro atoms. The molecule has 88 valence electrons. The van der Waals surface area contributed by atoms with Gasteiger partial charge in [-0.25, -0.2) is 0 Å². The minimum Gasteiger partial charge on any atom is -0.357 e. The number of amides is 2. The Morgan fingerprint density at radius 1 is 1.38 bits per heavy atom.